The molecule has 0 bridgehead atoms. The van der Waals surface area contributed by atoms with Crippen LogP contribution in [0.4, 0.5) is 0 Å². The fourth-order valence-electron chi connectivity index (χ4n) is 8.96. The third-order valence-corrected chi connectivity index (χ3v) is 11.8. The van der Waals surface area contributed by atoms with E-state index in [0.29, 0.717) is 17.6 Å². The smallest absolute Gasteiger partial charge is 0.238 e. The van der Waals surface area contributed by atoms with Crippen LogP contribution in [0.5, 0.6) is 0 Å². The van der Waals surface area contributed by atoms with E-state index < -0.39 is 0 Å². The highest BCUT2D eigenvalue weighted by atomic mass is 15.2. The molecule has 3 aromatic heterocycles. The summed E-state index contributed by atoms with van der Waals surface area (Å²) < 4.78 is 4.54. The second-order valence-electron chi connectivity index (χ2n) is 15.3. The van der Waals surface area contributed by atoms with Crippen LogP contribution in [0.2, 0.25) is 0 Å². The van der Waals surface area contributed by atoms with Gasteiger partial charge in [-0.15, -0.1) is 0 Å². The van der Waals surface area contributed by atoms with Gasteiger partial charge in [0.1, 0.15) is 0 Å². The SMILES string of the molecule is c1ccc(-c2ccc3c(c2)c2ccccc2n3-c2ccccc2-c2nc(-c3cccc(-c4ccc5ccccc5c4)c3)nc(-n3c4ccccc4c4ccccc43)n2)cc1. The first-order chi connectivity index (χ1) is 29.7. The molecule has 0 fully saturated rings. The van der Waals surface area contributed by atoms with Gasteiger partial charge in [-0.25, -0.2) is 4.98 Å². The molecule has 0 radical (unpaired) electrons. The van der Waals surface area contributed by atoms with Crippen molar-refractivity contribution in [1.29, 1.82) is 0 Å². The predicted molar refractivity (Wildman–Crippen MR) is 248 cm³/mol. The van der Waals surface area contributed by atoms with Crippen LogP contribution in [0.1, 0.15) is 0 Å². The lowest BCUT2D eigenvalue weighted by molar-refractivity contribution is 0.952. The van der Waals surface area contributed by atoms with Gasteiger partial charge in [-0.2, -0.15) is 9.97 Å². The third kappa shape index (κ3) is 5.52. The van der Waals surface area contributed by atoms with E-state index in [4.69, 9.17) is 15.0 Å². The van der Waals surface area contributed by atoms with Crippen molar-refractivity contribution < 1.29 is 0 Å². The van der Waals surface area contributed by atoms with E-state index in [-0.39, 0.29) is 0 Å². The highest BCUT2D eigenvalue weighted by molar-refractivity contribution is 6.11. The van der Waals surface area contributed by atoms with Crippen LogP contribution in [0.15, 0.2) is 212 Å². The summed E-state index contributed by atoms with van der Waals surface area (Å²) in [6.45, 7) is 0. The summed E-state index contributed by atoms with van der Waals surface area (Å²) in [6, 6.07) is 75.1. The first kappa shape index (κ1) is 33.9. The number of hydrogen-bond acceptors (Lipinski definition) is 3. The third-order valence-electron chi connectivity index (χ3n) is 11.8. The molecule has 0 aliphatic rings. The van der Waals surface area contributed by atoms with Gasteiger partial charge in [0.2, 0.25) is 5.95 Å². The van der Waals surface area contributed by atoms with Crippen LogP contribution >= 0.6 is 0 Å². The summed E-state index contributed by atoms with van der Waals surface area (Å²) in [5.74, 6) is 1.76. The van der Waals surface area contributed by atoms with Gasteiger partial charge in [0.15, 0.2) is 11.6 Å². The van der Waals surface area contributed by atoms with Crippen LogP contribution in [-0.2, 0) is 0 Å². The zero-order valence-electron chi connectivity index (χ0n) is 32.4. The maximum Gasteiger partial charge on any atom is 0.238 e. The van der Waals surface area contributed by atoms with E-state index in [1.807, 2.05) is 0 Å². The molecule has 0 aliphatic heterocycles. The van der Waals surface area contributed by atoms with Crippen molar-refractivity contribution in [1.82, 2.24) is 24.1 Å². The highest BCUT2D eigenvalue weighted by Gasteiger charge is 2.21. The molecule has 3 heterocycles. The van der Waals surface area contributed by atoms with Gasteiger partial charge in [0.05, 0.1) is 27.8 Å². The molecule has 280 valence electrons. The Labute approximate surface area is 346 Å². The quantitative estimate of drug-likeness (QED) is 0.169. The van der Waals surface area contributed by atoms with Crippen molar-refractivity contribution in [3.63, 3.8) is 0 Å². The molecular formula is C55H35N5. The van der Waals surface area contributed by atoms with E-state index in [1.54, 1.807) is 0 Å². The number of hydrogen-bond donors (Lipinski definition) is 0. The topological polar surface area (TPSA) is 48.5 Å². The number of aromatic nitrogens is 5. The minimum Gasteiger partial charge on any atom is -0.309 e. The van der Waals surface area contributed by atoms with Gasteiger partial charge in [0, 0.05) is 32.7 Å². The van der Waals surface area contributed by atoms with Crippen molar-refractivity contribution in [2.75, 3.05) is 0 Å². The van der Waals surface area contributed by atoms with Gasteiger partial charge in [-0.3, -0.25) is 4.57 Å². The van der Waals surface area contributed by atoms with Crippen molar-refractivity contribution in [2.45, 2.75) is 0 Å². The molecule has 5 heteroatoms. The Morgan fingerprint density at radius 3 is 1.60 bits per heavy atom. The fraction of sp³-hybridized carbons (Fsp3) is 0. The van der Waals surface area contributed by atoms with Crippen LogP contribution in [0, 0.1) is 0 Å². The van der Waals surface area contributed by atoms with E-state index in [1.165, 1.54) is 32.7 Å². The van der Waals surface area contributed by atoms with E-state index in [0.717, 1.165) is 60.8 Å². The van der Waals surface area contributed by atoms with Crippen molar-refractivity contribution in [3.05, 3.63) is 212 Å². The van der Waals surface area contributed by atoms with Crippen LogP contribution < -0.4 is 0 Å². The lowest BCUT2D eigenvalue weighted by Gasteiger charge is -2.15. The highest BCUT2D eigenvalue weighted by Crippen LogP contribution is 2.39. The largest absolute Gasteiger partial charge is 0.309 e. The molecule has 0 saturated heterocycles. The second kappa shape index (κ2) is 13.8. The molecule has 0 unspecified atom stereocenters. The Morgan fingerprint density at radius 1 is 0.283 bits per heavy atom. The van der Waals surface area contributed by atoms with Gasteiger partial charge >= 0.3 is 0 Å². The summed E-state index contributed by atoms with van der Waals surface area (Å²) in [7, 11) is 0. The molecule has 0 spiro atoms. The number of rotatable bonds is 6. The number of nitrogens with zero attached hydrogens (tertiary/aromatic N) is 5. The zero-order chi connectivity index (χ0) is 39.6. The molecule has 0 saturated carbocycles. The van der Waals surface area contributed by atoms with Crippen molar-refractivity contribution in [3.8, 4) is 56.7 Å². The number of benzene rings is 9. The van der Waals surface area contributed by atoms with Gasteiger partial charge in [-0.1, -0.05) is 158 Å². The van der Waals surface area contributed by atoms with E-state index in [9.17, 15) is 0 Å². The molecule has 12 aromatic rings. The molecule has 0 amide bonds. The van der Waals surface area contributed by atoms with Gasteiger partial charge in [0.25, 0.3) is 0 Å². The van der Waals surface area contributed by atoms with Crippen LogP contribution in [-0.4, -0.2) is 24.1 Å². The second-order valence-corrected chi connectivity index (χ2v) is 15.3. The molecule has 12 rings (SSSR count). The lowest BCUT2D eigenvalue weighted by atomic mass is 9.99. The van der Waals surface area contributed by atoms with Gasteiger partial charge < -0.3 is 4.57 Å². The van der Waals surface area contributed by atoms with Crippen molar-refractivity contribution in [2.24, 2.45) is 0 Å². The predicted octanol–water partition coefficient (Wildman–Crippen LogP) is 13.9. The monoisotopic (exact) mass is 765 g/mol. The first-order valence-corrected chi connectivity index (χ1v) is 20.3. The fourth-order valence-corrected chi connectivity index (χ4v) is 8.96. The Kier molecular flexibility index (Phi) is 7.78. The maximum atomic E-state index is 5.40. The molecule has 0 aliphatic carbocycles. The Balaban J connectivity index is 1.10. The molecular weight excluding hydrogens is 731 g/mol. The minimum atomic E-state index is 0.563. The van der Waals surface area contributed by atoms with Crippen molar-refractivity contribution >= 4 is 54.4 Å². The number of fused-ring (bicyclic) bond motifs is 7. The Hall–Kier alpha value is -8.15. The number of para-hydroxylation sites is 4. The van der Waals surface area contributed by atoms with E-state index >= 15 is 0 Å². The molecule has 5 nitrogen and oxygen atoms in total. The molecule has 0 atom stereocenters. The van der Waals surface area contributed by atoms with Crippen LogP contribution in [0.25, 0.3) is 111 Å². The average Bonchev–Trinajstić information content (AvgIpc) is 3.84. The zero-order valence-corrected chi connectivity index (χ0v) is 32.4. The molecule has 0 N–H and O–H groups in total. The van der Waals surface area contributed by atoms with Crippen LogP contribution in [0.3, 0.4) is 0 Å². The Bertz CT molecular complexity index is 3560. The maximum absolute atomic E-state index is 5.40. The van der Waals surface area contributed by atoms with Gasteiger partial charge in [-0.05, 0) is 87.6 Å². The summed E-state index contributed by atoms with van der Waals surface area (Å²) >= 11 is 0. The summed E-state index contributed by atoms with van der Waals surface area (Å²) in [6.07, 6.45) is 0. The summed E-state index contributed by atoms with van der Waals surface area (Å²) in [4.78, 5) is 16.1. The normalized spacial score (nSPS) is 11.7. The summed E-state index contributed by atoms with van der Waals surface area (Å²) in [5, 5.41) is 7.09. The molecule has 60 heavy (non-hydrogen) atoms. The Morgan fingerprint density at radius 2 is 0.817 bits per heavy atom. The minimum absolute atomic E-state index is 0.563. The summed E-state index contributed by atoms with van der Waals surface area (Å²) in [5.41, 5.74) is 11.7. The molecule has 9 aromatic carbocycles. The average molecular weight is 766 g/mol. The first-order valence-electron chi connectivity index (χ1n) is 20.3. The standard InChI is InChI=1S/C55H35N5/c1-2-15-36(16-3-1)41-31-32-52-47(35-41)45-23-8-10-25-48(45)59(52)51-28-13-9-24-46(51)54-56-53(42-20-14-19-39(34-42)40-30-29-37-17-4-5-18-38(37)33-40)57-55(58-54)60-49-26-11-6-21-43(49)44-22-7-12-27-50(44)60/h1-35H. The van der Waals surface area contributed by atoms with E-state index in [2.05, 4.69) is 221 Å². The lowest BCUT2D eigenvalue weighted by Crippen LogP contribution is -2.07.